The Morgan fingerprint density at radius 1 is 1.22 bits per heavy atom. The number of nitrogens with zero attached hydrogens (tertiary/aromatic N) is 2. The molecular weight excluding hydrogens is 350 g/mol. The normalized spacial score (nSPS) is 15.3. The first kappa shape index (κ1) is 18.7. The first-order valence-corrected chi connectivity index (χ1v) is 8.66. The van der Waals surface area contributed by atoms with Crippen molar-refractivity contribution in [1.82, 2.24) is 4.90 Å². The van der Waals surface area contributed by atoms with Crippen LogP contribution in [-0.2, 0) is 0 Å². The monoisotopic (exact) mass is 371 g/mol. The number of hydrogen-bond acceptors (Lipinski definition) is 5. The molecule has 0 spiro atoms. The molecule has 0 aromatic heterocycles. The summed E-state index contributed by atoms with van der Waals surface area (Å²) in [5.41, 5.74) is 1.44. The van der Waals surface area contributed by atoms with Crippen molar-refractivity contribution < 1.29 is 19.6 Å². The zero-order valence-corrected chi connectivity index (χ0v) is 14.9. The van der Waals surface area contributed by atoms with Gasteiger partial charge in [0.25, 0.3) is 5.69 Å². The molecule has 8 nitrogen and oxygen atoms in total. The van der Waals surface area contributed by atoms with Gasteiger partial charge in [-0.1, -0.05) is 12.1 Å². The third-order valence-electron chi connectivity index (χ3n) is 4.58. The van der Waals surface area contributed by atoms with E-state index in [1.807, 2.05) is 0 Å². The minimum atomic E-state index is -1.16. The van der Waals surface area contributed by atoms with E-state index in [2.05, 4.69) is 17.3 Å². The van der Waals surface area contributed by atoms with Crippen LogP contribution >= 0.6 is 0 Å². The lowest BCUT2D eigenvalue weighted by atomic mass is 10.0. The summed E-state index contributed by atoms with van der Waals surface area (Å²) in [6, 6.07) is 11.3. The summed E-state index contributed by atoms with van der Waals surface area (Å²) in [4.78, 5) is 24.0. The summed E-state index contributed by atoms with van der Waals surface area (Å²) in [5, 5.41) is 22.5. The molecule has 1 fully saturated rings. The Labute approximate surface area is 156 Å². The van der Waals surface area contributed by atoms with Crippen LogP contribution in [0, 0.1) is 10.1 Å². The third kappa shape index (κ3) is 4.73. The average molecular weight is 371 g/mol. The highest BCUT2D eigenvalue weighted by atomic mass is 16.6. The SMILES string of the molecule is CN1CCC(Oc2ccc(-c3ccc(NC(=O)O)cc3)c([N+](=O)[O-])c2)CC1. The van der Waals surface area contributed by atoms with E-state index in [-0.39, 0.29) is 11.8 Å². The zero-order chi connectivity index (χ0) is 19.4. The molecule has 8 heteroatoms. The molecule has 2 aromatic carbocycles. The van der Waals surface area contributed by atoms with E-state index in [0.717, 1.165) is 25.9 Å². The molecule has 1 amide bonds. The average Bonchev–Trinajstić information content (AvgIpc) is 2.64. The molecule has 1 heterocycles. The van der Waals surface area contributed by atoms with Gasteiger partial charge in [0.15, 0.2) is 0 Å². The zero-order valence-electron chi connectivity index (χ0n) is 14.9. The minimum Gasteiger partial charge on any atom is -0.490 e. The molecular formula is C19H21N3O5. The number of nitro benzene ring substituents is 1. The van der Waals surface area contributed by atoms with Gasteiger partial charge in [-0.3, -0.25) is 15.4 Å². The highest BCUT2D eigenvalue weighted by Gasteiger charge is 2.21. The maximum atomic E-state index is 11.5. The van der Waals surface area contributed by atoms with Crippen LogP contribution in [0.2, 0.25) is 0 Å². The standard InChI is InChI=1S/C19H21N3O5/c1-21-10-8-15(9-11-21)27-16-6-7-17(18(12-16)22(25)26)13-2-4-14(5-3-13)20-19(23)24/h2-7,12,15,20H,8-11H2,1H3,(H,23,24). The first-order valence-electron chi connectivity index (χ1n) is 8.66. The summed E-state index contributed by atoms with van der Waals surface area (Å²) < 4.78 is 5.94. The highest BCUT2D eigenvalue weighted by Crippen LogP contribution is 2.34. The third-order valence-corrected chi connectivity index (χ3v) is 4.58. The van der Waals surface area contributed by atoms with Crippen LogP contribution in [0.5, 0.6) is 5.75 Å². The largest absolute Gasteiger partial charge is 0.490 e. The quantitative estimate of drug-likeness (QED) is 0.611. The maximum Gasteiger partial charge on any atom is 0.409 e. The molecule has 2 aromatic rings. The van der Waals surface area contributed by atoms with E-state index < -0.39 is 11.0 Å². The van der Waals surface area contributed by atoms with Gasteiger partial charge in [0.05, 0.1) is 16.6 Å². The number of nitrogens with one attached hydrogen (secondary N) is 1. The van der Waals surface area contributed by atoms with Crippen molar-refractivity contribution in [3.05, 3.63) is 52.6 Å². The number of benzene rings is 2. The van der Waals surface area contributed by atoms with Gasteiger partial charge in [-0.25, -0.2) is 4.79 Å². The van der Waals surface area contributed by atoms with Gasteiger partial charge < -0.3 is 14.7 Å². The molecule has 0 bridgehead atoms. The van der Waals surface area contributed by atoms with Crippen molar-refractivity contribution in [3.8, 4) is 16.9 Å². The van der Waals surface area contributed by atoms with E-state index in [1.165, 1.54) is 6.07 Å². The number of likely N-dealkylation sites (tertiary alicyclic amines) is 1. The van der Waals surface area contributed by atoms with Crippen LogP contribution < -0.4 is 10.1 Å². The van der Waals surface area contributed by atoms with Gasteiger partial charge in [0.2, 0.25) is 0 Å². The van der Waals surface area contributed by atoms with Crippen LogP contribution in [0.1, 0.15) is 12.8 Å². The number of rotatable bonds is 5. The lowest BCUT2D eigenvalue weighted by Crippen LogP contribution is -2.35. The van der Waals surface area contributed by atoms with Crippen LogP contribution in [0.4, 0.5) is 16.2 Å². The molecule has 0 saturated carbocycles. The summed E-state index contributed by atoms with van der Waals surface area (Å²) in [6.07, 6.45) is 0.686. The van der Waals surface area contributed by atoms with E-state index >= 15 is 0 Å². The summed E-state index contributed by atoms with van der Waals surface area (Å²) >= 11 is 0. The Hall–Kier alpha value is -3.13. The van der Waals surface area contributed by atoms with E-state index in [4.69, 9.17) is 9.84 Å². The smallest absolute Gasteiger partial charge is 0.409 e. The molecule has 0 aliphatic carbocycles. The number of ether oxygens (including phenoxy) is 1. The topological polar surface area (TPSA) is 105 Å². The fourth-order valence-corrected chi connectivity index (χ4v) is 3.13. The van der Waals surface area contributed by atoms with Crippen molar-refractivity contribution in [3.63, 3.8) is 0 Å². The van der Waals surface area contributed by atoms with Gasteiger partial charge in [0.1, 0.15) is 11.9 Å². The molecule has 1 saturated heterocycles. The van der Waals surface area contributed by atoms with Crippen molar-refractivity contribution in [1.29, 1.82) is 0 Å². The number of nitro groups is 1. The highest BCUT2D eigenvalue weighted by molar-refractivity contribution is 5.84. The maximum absolute atomic E-state index is 11.5. The van der Waals surface area contributed by atoms with Crippen LogP contribution in [0.3, 0.4) is 0 Å². The van der Waals surface area contributed by atoms with Crippen molar-refractivity contribution in [2.45, 2.75) is 18.9 Å². The van der Waals surface area contributed by atoms with Gasteiger partial charge in [-0.05, 0) is 49.7 Å². The van der Waals surface area contributed by atoms with Crippen molar-refractivity contribution in [2.75, 3.05) is 25.5 Å². The van der Waals surface area contributed by atoms with E-state index in [9.17, 15) is 14.9 Å². The number of hydrogen-bond donors (Lipinski definition) is 2. The minimum absolute atomic E-state index is 0.0422. The molecule has 2 N–H and O–H groups in total. The van der Waals surface area contributed by atoms with Crippen LogP contribution in [0.25, 0.3) is 11.1 Å². The lowest BCUT2D eigenvalue weighted by Gasteiger charge is -2.29. The predicted octanol–water partition coefficient (Wildman–Crippen LogP) is 3.82. The Morgan fingerprint density at radius 2 is 1.89 bits per heavy atom. The Bertz CT molecular complexity index is 830. The van der Waals surface area contributed by atoms with Gasteiger partial charge in [0, 0.05) is 18.8 Å². The molecule has 1 aliphatic heterocycles. The van der Waals surface area contributed by atoms with E-state index in [1.54, 1.807) is 36.4 Å². The molecule has 1 aliphatic rings. The first-order chi connectivity index (χ1) is 12.9. The molecule has 0 unspecified atom stereocenters. The number of anilines is 1. The Kier molecular flexibility index (Phi) is 5.56. The van der Waals surface area contributed by atoms with Gasteiger partial charge >= 0.3 is 6.09 Å². The van der Waals surface area contributed by atoms with Crippen molar-refractivity contribution >= 4 is 17.5 Å². The van der Waals surface area contributed by atoms with Gasteiger partial charge in [-0.2, -0.15) is 0 Å². The lowest BCUT2D eigenvalue weighted by molar-refractivity contribution is -0.384. The molecule has 3 rings (SSSR count). The van der Waals surface area contributed by atoms with E-state index in [0.29, 0.717) is 22.6 Å². The molecule has 27 heavy (non-hydrogen) atoms. The Morgan fingerprint density at radius 3 is 2.48 bits per heavy atom. The number of amides is 1. The van der Waals surface area contributed by atoms with Gasteiger partial charge in [-0.15, -0.1) is 0 Å². The number of carboxylic acid groups (broad SMARTS) is 1. The van der Waals surface area contributed by atoms with Crippen LogP contribution in [0.15, 0.2) is 42.5 Å². The Balaban J connectivity index is 1.81. The second-order valence-electron chi connectivity index (χ2n) is 6.56. The summed E-state index contributed by atoms with van der Waals surface area (Å²) in [5.74, 6) is 0.490. The molecule has 142 valence electrons. The second-order valence-corrected chi connectivity index (χ2v) is 6.56. The number of piperidine rings is 1. The predicted molar refractivity (Wildman–Crippen MR) is 101 cm³/mol. The summed E-state index contributed by atoms with van der Waals surface area (Å²) in [6.45, 7) is 1.89. The molecule has 0 atom stereocenters. The van der Waals surface area contributed by atoms with Crippen LogP contribution in [-0.4, -0.2) is 47.3 Å². The van der Waals surface area contributed by atoms with Crippen molar-refractivity contribution in [2.24, 2.45) is 0 Å². The fraction of sp³-hybridized carbons (Fsp3) is 0.316. The summed E-state index contributed by atoms with van der Waals surface area (Å²) in [7, 11) is 2.06. The molecule has 0 radical (unpaired) electrons. The second kappa shape index (κ2) is 8.05. The fourth-order valence-electron chi connectivity index (χ4n) is 3.13. The number of carbonyl (C=O) groups is 1.